The first-order valence-corrected chi connectivity index (χ1v) is 11.7. The van der Waals surface area contributed by atoms with Crippen molar-refractivity contribution in [2.75, 3.05) is 6.61 Å². The van der Waals surface area contributed by atoms with Crippen molar-refractivity contribution in [1.29, 1.82) is 0 Å². The summed E-state index contributed by atoms with van der Waals surface area (Å²) in [6.45, 7) is -0.0397. The number of carbonyl (C=O) groups excluding carboxylic acids is 1. The molecule has 0 saturated carbocycles. The fourth-order valence-corrected chi connectivity index (χ4v) is 6.40. The number of rotatable bonds is 2. The summed E-state index contributed by atoms with van der Waals surface area (Å²) < 4.78 is 49.5. The molecule has 2 aromatic heterocycles. The molecular weight excluding hydrogens is 493 g/mol. The standard InChI is InChI=1S/C22H20ClF3N4O3S/c1-29-10-14(27-28-29)16-9-21(19-13(7-18(23)34-19)17(31)11-33-21)8-15(12-5-3-2-4-6-12)30(16)20(32)22(24,25)26/h2-7,10,15-17,31H,8-9,11H2,1H3/t15-,16+,17-,21+/m1/s1. The van der Waals surface area contributed by atoms with Crippen LogP contribution in [0.5, 0.6) is 0 Å². The molecule has 12 heteroatoms. The van der Waals surface area contributed by atoms with Gasteiger partial charge in [-0.3, -0.25) is 9.48 Å². The van der Waals surface area contributed by atoms with Gasteiger partial charge in [-0.1, -0.05) is 47.1 Å². The van der Waals surface area contributed by atoms with Gasteiger partial charge in [0, 0.05) is 30.3 Å². The average Bonchev–Trinajstić information content (AvgIpc) is 3.42. The van der Waals surface area contributed by atoms with Crippen LogP contribution in [0.15, 0.2) is 42.6 Å². The van der Waals surface area contributed by atoms with Crippen molar-refractivity contribution < 1.29 is 27.8 Å². The third-order valence-electron chi connectivity index (χ3n) is 6.36. The lowest BCUT2D eigenvalue weighted by molar-refractivity contribution is -0.205. The average molecular weight is 513 g/mol. The Labute approximate surface area is 201 Å². The zero-order valence-corrected chi connectivity index (χ0v) is 19.4. The molecule has 7 nitrogen and oxygen atoms in total. The number of hydrogen-bond acceptors (Lipinski definition) is 6. The second-order valence-electron chi connectivity index (χ2n) is 8.53. The van der Waals surface area contributed by atoms with Gasteiger partial charge in [-0.05, 0) is 11.6 Å². The van der Waals surface area contributed by atoms with Crippen LogP contribution in [-0.4, -0.2) is 43.7 Å². The highest BCUT2D eigenvalue weighted by molar-refractivity contribution is 7.16. The van der Waals surface area contributed by atoms with Crippen LogP contribution < -0.4 is 0 Å². The van der Waals surface area contributed by atoms with Crippen molar-refractivity contribution in [3.63, 3.8) is 0 Å². The summed E-state index contributed by atoms with van der Waals surface area (Å²) in [6.07, 6.45) is -4.41. The molecule has 4 atom stereocenters. The molecule has 180 valence electrons. The lowest BCUT2D eigenvalue weighted by Gasteiger charge is -2.52. The van der Waals surface area contributed by atoms with Gasteiger partial charge in [0.05, 0.1) is 29.2 Å². The van der Waals surface area contributed by atoms with Crippen LogP contribution in [0.1, 0.15) is 52.7 Å². The fourth-order valence-electron chi connectivity index (χ4n) is 4.94. The molecule has 0 aliphatic carbocycles. The number of likely N-dealkylation sites (tertiary alicyclic amines) is 1. The van der Waals surface area contributed by atoms with E-state index in [4.69, 9.17) is 16.3 Å². The lowest BCUT2D eigenvalue weighted by Crippen LogP contribution is -2.54. The molecule has 3 aromatic rings. The molecule has 1 fully saturated rings. The Morgan fingerprint density at radius 3 is 2.62 bits per heavy atom. The van der Waals surface area contributed by atoms with Gasteiger partial charge in [0.2, 0.25) is 0 Å². The number of thiophene rings is 1. The predicted molar refractivity (Wildman–Crippen MR) is 117 cm³/mol. The van der Waals surface area contributed by atoms with Gasteiger partial charge in [-0.25, -0.2) is 0 Å². The highest BCUT2D eigenvalue weighted by Gasteiger charge is 2.57. The second kappa shape index (κ2) is 8.33. The number of ether oxygens (including phenoxy) is 1. The highest BCUT2D eigenvalue weighted by atomic mass is 35.5. The molecule has 5 rings (SSSR count). The highest BCUT2D eigenvalue weighted by Crippen LogP contribution is 2.57. The summed E-state index contributed by atoms with van der Waals surface area (Å²) in [5.41, 5.74) is 0.282. The number of aliphatic hydroxyl groups excluding tert-OH is 1. The molecule has 1 spiro atoms. The van der Waals surface area contributed by atoms with Crippen LogP contribution in [0, 0.1) is 0 Å². The quantitative estimate of drug-likeness (QED) is 0.548. The number of aliphatic hydroxyl groups is 1. The first-order valence-electron chi connectivity index (χ1n) is 10.5. The minimum absolute atomic E-state index is 0.00735. The molecule has 1 aromatic carbocycles. The molecule has 0 radical (unpaired) electrons. The summed E-state index contributed by atoms with van der Waals surface area (Å²) in [7, 11) is 1.60. The van der Waals surface area contributed by atoms with Crippen LogP contribution in [0.3, 0.4) is 0 Å². The molecule has 2 aliphatic heterocycles. The molecule has 1 saturated heterocycles. The lowest BCUT2D eigenvalue weighted by atomic mass is 9.75. The monoisotopic (exact) mass is 512 g/mol. The number of halogens is 4. The number of hydrogen-bond donors (Lipinski definition) is 1. The zero-order valence-electron chi connectivity index (χ0n) is 17.9. The second-order valence-corrected chi connectivity index (χ2v) is 10.2. The van der Waals surface area contributed by atoms with E-state index in [1.165, 1.54) is 22.2 Å². The summed E-state index contributed by atoms with van der Waals surface area (Å²) >= 11 is 7.51. The number of carbonyl (C=O) groups is 1. The normalized spacial score (nSPS) is 27.1. The van der Waals surface area contributed by atoms with Crippen molar-refractivity contribution in [3.05, 3.63) is 68.6 Å². The molecule has 0 unspecified atom stereocenters. The van der Waals surface area contributed by atoms with Gasteiger partial charge in [0.25, 0.3) is 0 Å². The first kappa shape index (κ1) is 23.3. The van der Waals surface area contributed by atoms with Crippen LogP contribution >= 0.6 is 22.9 Å². The minimum Gasteiger partial charge on any atom is -0.386 e. The zero-order chi connectivity index (χ0) is 24.3. The number of amides is 1. The van der Waals surface area contributed by atoms with Crippen LogP contribution in [0.4, 0.5) is 13.2 Å². The van der Waals surface area contributed by atoms with Gasteiger partial charge < -0.3 is 14.7 Å². The molecule has 1 N–H and O–H groups in total. The first-order chi connectivity index (χ1) is 16.1. The van der Waals surface area contributed by atoms with Crippen molar-refractivity contribution in [1.82, 2.24) is 19.9 Å². The molecular formula is C22H20ClF3N4O3S. The topological polar surface area (TPSA) is 80.5 Å². The number of benzene rings is 1. The smallest absolute Gasteiger partial charge is 0.386 e. The maximum Gasteiger partial charge on any atom is 0.471 e. The van der Waals surface area contributed by atoms with Crippen molar-refractivity contribution >= 4 is 28.8 Å². The summed E-state index contributed by atoms with van der Waals surface area (Å²) in [5.74, 6) is -1.95. The van der Waals surface area contributed by atoms with Crippen molar-refractivity contribution in [3.8, 4) is 0 Å². The third kappa shape index (κ3) is 3.90. The maximum absolute atomic E-state index is 13.8. The van der Waals surface area contributed by atoms with Gasteiger partial charge in [0.1, 0.15) is 17.4 Å². The molecule has 4 heterocycles. The number of nitrogens with zero attached hydrogens (tertiary/aromatic N) is 4. The molecule has 1 amide bonds. The van der Waals surface area contributed by atoms with Crippen LogP contribution in [0.25, 0.3) is 0 Å². The fraction of sp³-hybridized carbons (Fsp3) is 0.409. The van der Waals surface area contributed by atoms with E-state index < -0.39 is 35.9 Å². The molecule has 34 heavy (non-hydrogen) atoms. The molecule has 0 bridgehead atoms. The van der Waals surface area contributed by atoms with E-state index in [-0.39, 0.29) is 25.1 Å². The van der Waals surface area contributed by atoms with Crippen molar-refractivity contribution in [2.45, 2.75) is 42.8 Å². The number of fused-ring (bicyclic) bond motifs is 2. The Balaban J connectivity index is 1.71. The van der Waals surface area contributed by atoms with E-state index in [1.807, 2.05) is 0 Å². The Hall–Kier alpha value is -2.47. The maximum atomic E-state index is 13.8. The summed E-state index contributed by atoms with van der Waals surface area (Å²) in [4.78, 5) is 14.3. The van der Waals surface area contributed by atoms with Gasteiger partial charge in [-0.2, -0.15) is 13.2 Å². The summed E-state index contributed by atoms with van der Waals surface area (Å²) in [6, 6.07) is 8.17. The van der Waals surface area contributed by atoms with Gasteiger partial charge in [0.15, 0.2) is 0 Å². The number of alkyl halides is 3. The van der Waals surface area contributed by atoms with Crippen molar-refractivity contribution in [2.24, 2.45) is 7.05 Å². The Morgan fingerprint density at radius 1 is 1.26 bits per heavy atom. The van der Waals surface area contributed by atoms with Crippen LogP contribution in [-0.2, 0) is 22.2 Å². The third-order valence-corrected chi connectivity index (χ3v) is 7.83. The van der Waals surface area contributed by atoms with Gasteiger partial charge in [-0.15, -0.1) is 16.4 Å². The molecule has 2 aliphatic rings. The van der Waals surface area contributed by atoms with E-state index in [0.717, 1.165) is 4.90 Å². The van der Waals surface area contributed by atoms with E-state index in [1.54, 1.807) is 43.4 Å². The van der Waals surface area contributed by atoms with E-state index in [9.17, 15) is 23.1 Å². The predicted octanol–water partition coefficient (Wildman–Crippen LogP) is 4.46. The Bertz CT molecular complexity index is 1220. The number of aromatic nitrogens is 3. The van der Waals surface area contributed by atoms with Crippen LogP contribution in [0.2, 0.25) is 4.34 Å². The van der Waals surface area contributed by atoms with E-state index >= 15 is 0 Å². The number of piperidine rings is 1. The SMILES string of the molecule is Cn1cc([C@@H]2C[C@]3(C[C@H](c4ccccc4)N2C(=O)C(F)(F)F)OC[C@@H](O)c2cc(Cl)sc23)nn1. The number of aryl methyl sites for hydroxylation is 1. The van der Waals surface area contributed by atoms with E-state index in [2.05, 4.69) is 10.3 Å². The van der Waals surface area contributed by atoms with Gasteiger partial charge >= 0.3 is 12.1 Å². The Morgan fingerprint density at radius 2 is 1.97 bits per heavy atom. The largest absolute Gasteiger partial charge is 0.471 e. The van der Waals surface area contributed by atoms with E-state index in [0.29, 0.717) is 20.3 Å². The minimum atomic E-state index is -5.08. The Kier molecular flexibility index (Phi) is 5.70. The summed E-state index contributed by atoms with van der Waals surface area (Å²) in [5, 5.41) is 18.4.